The van der Waals surface area contributed by atoms with Gasteiger partial charge < -0.3 is 4.84 Å². The standard InChI is InChI=1S/C5H10N2O/c1-4-3-7(4)8-5(2)6/h4,6H,3H2,1-2H3. The average molecular weight is 114 g/mol. The van der Waals surface area contributed by atoms with Gasteiger partial charge in [-0.05, 0) is 6.92 Å². The van der Waals surface area contributed by atoms with Gasteiger partial charge in [0.1, 0.15) is 0 Å². The predicted octanol–water partition coefficient (Wildman–Crippen LogP) is 0.619. The molecule has 0 aromatic heterocycles. The normalized spacial score (nSPS) is 34.2. The Morgan fingerprint density at radius 1 is 1.88 bits per heavy atom. The summed E-state index contributed by atoms with van der Waals surface area (Å²) in [6, 6.07) is 0.523. The van der Waals surface area contributed by atoms with E-state index in [1.54, 1.807) is 12.0 Å². The summed E-state index contributed by atoms with van der Waals surface area (Å²) >= 11 is 0. The van der Waals surface area contributed by atoms with Gasteiger partial charge in [0.05, 0.1) is 12.6 Å². The smallest absolute Gasteiger partial charge is 0.203 e. The molecule has 1 aliphatic rings. The predicted molar refractivity (Wildman–Crippen MR) is 30.7 cm³/mol. The second-order valence-electron chi connectivity index (χ2n) is 2.10. The molecule has 8 heavy (non-hydrogen) atoms. The third-order valence-corrected chi connectivity index (χ3v) is 1.06. The Bertz CT molecular complexity index is 113. The summed E-state index contributed by atoms with van der Waals surface area (Å²) in [6.45, 7) is 4.66. The molecule has 0 aliphatic carbocycles. The highest BCUT2D eigenvalue weighted by Crippen LogP contribution is 2.15. The van der Waals surface area contributed by atoms with Crippen molar-refractivity contribution in [1.82, 2.24) is 5.06 Å². The van der Waals surface area contributed by atoms with Crippen molar-refractivity contribution in [1.29, 1.82) is 5.41 Å². The van der Waals surface area contributed by atoms with Gasteiger partial charge in [0.25, 0.3) is 0 Å². The summed E-state index contributed by atoms with van der Waals surface area (Å²) in [5.74, 6) is 0.273. The first-order valence-electron chi connectivity index (χ1n) is 2.70. The van der Waals surface area contributed by atoms with Crippen molar-refractivity contribution in [2.24, 2.45) is 0 Å². The molecule has 46 valence electrons. The van der Waals surface area contributed by atoms with Crippen LogP contribution in [0.5, 0.6) is 0 Å². The molecule has 3 nitrogen and oxygen atoms in total. The van der Waals surface area contributed by atoms with Crippen LogP contribution in [0, 0.1) is 5.41 Å². The lowest BCUT2D eigenvalue weighted by Crippen LogP contribution is -2.05. The molecule has 3 heteroatoms. The van der Waals surface area contributed by atoms with E-state index in [1.165, 1.54) is 0 Å². The fourth-order valence-corrected chi connectivity index (χ4v) is 0.516. The van der Waals surface area contributed by atoms with E-state index in [0.717, 1.165) is 6.54 Å². The minimum Gasteiger partial charge on any atom is -0.391 e. The van der Waals surface area contributed by atoms with E-state index in [0.29, 0.717) is 6.04 Å². The third kappa shape index (κ3) is 1.20. The fourth-order valence-electron chi connectivity index (χ4n) is 0.516. The lowest BCUT2D eigenvalue weighted by atomic mass is 10.6. The second-order valence-corrected chi connectivity index (χ2v) is 2.10. The zero-order chi connectivity index (χ0) is 6.15. The number of nitrogens with zero attached hydrogens (tertiary/aromatic N) is 1. The number of hydroxylamine groups is 2. The van der Waals surface area contributed by atoms with Gasteiger partial charge in [-0.3, -0.25) is 5.41 Å². The van der Waals surface area contributed by atoms with Gasteiger partial charge in [0.2, 0.25) is 5.90 Å². The average Bonchev–Trinajstić information content (AvgIpc) is 2.17. The van der Waals surface area contributed by atoms with Crippen LogP contribution in [0.15, 0.2) is 0 Å². The fraction of sp³-hybridized carbons (Fsp3) is 0.800. The van der Waals surface area contributed by atoms with Crippen molar-refractivity contribution in [3.05, 3.63) is 0 Å². The van der Waals surface area contributed by atoms with Crippen molar-refractivity contribution < 1.29 is 4.84 Å². The maximum Gasteiger partial charge on any atom is 0.203 e. The van der Waals surface area contributed by atoms with Crippen molar-refractivity contribution in [2.45, 2.75) is 19.9 Å². The molecule has 0 radical (unpaired) electrons. The molecule has 1 aliphatic heterocycles. The molecule has 1 fully saturated rings. The van der Waals surface area contributed by atoms with Crippen LogP contribution < -0.4 is 0 Å². The van der Waals surface area contributed by atoms with E-state index in [9.17, 15) is 0 Å². The molecule has 0 spiro atoms. The molecule has 0 amide bonds. The lowest BCUT2D eigenvalue weighted by Gasteiger charge is -1.99. The van der Waals surface area contributed by atoms with Crippen LogP contribution in [0.2, 0.25) is 0 Å². The van der Waals surface area contributed by atoms with Gasteiger partial charge in [-0.1, -0.05) is 0 Å². The summed E-state index contributed by atoms with van der Waals surface area (Å²) in [6.07, 6.45) is 0. The van der Waals surface area contributed by atoms with Gasteiger partial charge in [0.15, 0.2) is 0 Å². The van der Waals surface area contributed by atoms with E-state index in [2.05, 4.69) is 6.92 Å². The number of hydrogen-bond acceptors (Lipinski definition) is 3. The highest BCUT2D eigenvalue weighted by molar-refractivity contribution is 5.69. The van der Waals surface area contributed by atoms with Crippen LogP contribution in [0.25, 0.3) is 0 Å². The molecule has 2 unspecified atom stereocenters. The van der Waals surface area contributed by atoms with Gasteiger partial charge in [-0.15, -0.1) is 5.06 Å². The first-order chi connectivity index (χ1) is 3.70. The molecule has 0 aromatic rings. The van der Waals surface area contributed by atoms with Crippen molar-refractivity contribution in [3.63, 3.8) is 0 Å². The summed E-state index contributed by atoms with van der Waals surface area (Å²) in [5, 5.41) is 8.66. The van der Waals surface area contributed by atoms with Crippen LogP contribution >= 0.6 is 0 Å². The van der Waals surface area contributed by atoms with Crippen LogP contribution in [-0.2, 0) is 4.84 Å². The largest absolute Gasteiger partial charge is 0.391 e. The van der Waals surface area contributed by atoms with Crippen LogP contribution in [0.1, 0.15) is 13.8 Å². The van der Waals surface area contributed by atoms with E-state index in [-0.39, 0.29) is 5.90 Å². The Hall–Kier alpha value is -0.570. The maximum atomic E-state index is 6.89. The van der Waals surface area contributed by atoms with Crippen LogP contribution in [-0.4, -0.2) is 23.5 Å². The van der Waals surface area contributed by atoms with Gasteiger partial charge >= 0.3 is 0 Å². The minimum atomic E-state index is 0.273. The van der Waals surface area contributed by atoms with Crippen molar-refractivity contribution >= 4 is 5.90 Å². The first-order valence-corrected chi connectivity index (χ1v) is 2.70. The maximum absolute atomic E-state index is 6.89. The number of nitrogens with one attached hydrogen (secondary N) is 1. The van der Waals surface area contributed by atoms with Gasteiger partial charge in [-0.25, -0.2) is 0 Å². The second kappa shape index (κ2) is 1.74. The van der Waals surface area contributed by atoms with E-state index < -0.39 is 0 Å². The Morgan fingerprint density at radius 3 is 2.50 bits per heavy atom. The number of rotatable bonds is 1. The molecule has 0 bridgehead atoms. The zero-order valence-corrected chi connectivity index (χ0v) is 5.14. The monoisotopic (exact) mass is 114 g/mol. The molecular weight excluding hydrogens is 104 g/mol. The molecule has 1 saturated heterocycles. The highest BCUT2D eigenvalue weighted by atomic mass is 16.7. The van der Waals surface area contributed by atoms with E-state index >= 15 is 0 Å². The molecule has 2 atom stereocenters. The van der Waals surface area contributed by atoms with E-state index in [4.69, 9.17) is 10.2 Å². The number of hydrogen-bond donors (Lipinski definition) is 1. The topological polar surface area (TPSA) is 36.1 Å². The SMILES string of the molecule is CC(=N)ON1CC1C. The summed E-state index contributed by atoms with van der Waals surface area (Å²) in [7, 11) is 0. The highest BCUT2D eigenvalue weighted by Gasteiger charge is 2.31. The van der Waals surface area contributed by atoms with E-state index in [1.807, 2.05) is 0 Å². The Balaban J connectivity index is 2.14. The molecule has 0 saturated carbocycles. The molecule has 1 heterocycles. The Labute approximate surface area is 48.7 Å². The van der Waals surface area contributed by atoms with Gasteiger partial charge in [-0.2, -0.15) is 0 Å². The zero-order valence-electron chi connectivity index (χ0n) is 5.14. The van der Waals surface area contributed by atoms with Crippen LogP contribution in [0.3, 0.4) is 0 Å². The first kappa shape index (κ1) is 5.56. The third-order valence-electron chi connectivity index (χ3n) is 1.06. The lowest BCUT2D eigenvalue weighted by molar-refractivity contribution is 0.0368. The van der Waals surface area contributed by atoms with Crippen LogP contribution in [0.4, 0.5) is 0 Å². The molecule has 1 rings (SSSR count). The van der Waals surface area contributed by atoms with Crippen molar-refractivity contribution in [3.8, 4) is 0 Å². The van der Waals surface area contributed by atoms with Gasteiger partial charge in [0, 0.05) is 6.92 Å². The molecular formula is C5H10N2O. The summed E-state index contributed by atoms with van der Waals surface area (Å²) in [4.78, 5) is 4.89. The molecule has 0 aromatic carbocycles. The quantitative estimate of drug-likeness (QED) is 0.308. The summed E-state index contributed by atoms with van der Waals surface area (Å²) in [5.41, 5.74) is 0. The minimum absolute atomic E-state index is 0.273. The Kier molecular flexibility index (Phi) is 1.21. The summed E-state index contributed by atoms with van der Waals surface area (Å²) < 4.78 is 0. The molecule has 1 N–H and O–H groups in total. The van der Waals surface area contributed by atoms with Crippen molar-refractivity contribution in [2.75, 3.05) is 6.54 Å². The Morgan fingerprint density at radius 2 is 2.38 bits per heavy atom.